The van der Waals surface area contributed by atoms with Gasteiger partial charge in [0, 0.05) is 33.0 Å². The lowest BCUT2D eigenvalue weighted by molar-refractivity contribution is -0.132. The van der Waals surface area contributed by atoms with Crippen molar-refractivity contribution in [2.45, 2.75) is 19.8 Å². The number of rotatable bonds is 2. The van der Waals surface area contributed by atoms with Gasteiger partial charge >= 0.3 is 0 Å². The van der Waals surface area contributed by atoms with Crippen molar-refractivity contribution in [2.75, 3.05) is 25.5 Å². The molecule has 1 saturated heterocycles. The van der Waals surface area contributed by atoms with Crippen molar-refractivity contribution in [3.8, 4) is 0 Å². The number of hydrogen-bond acceptors (Lipinski definition) is 4. The van der Waals surface area contributed by atoms with Crippen LogP contribution in [0.25, 0.3) is 0 Å². The van der Waals surface area contributed by atoms with E-state index in [1.165, 1.54) is 14.0 Å². The van der Waals surface area contributed by atoms with Crippen LogP contribution in [0.15, 0.2) is 18.2 Å². The molecule has 0 aromatic heterocycles. The van der Waals surface area contributed by atoms with Gasteiger partial charge in [-0.05, 0) is 25.0 Å². The highest BCUT2D eigenvalue weighted by Crippen LogP contribution is 2.29. The highest BCUT2D eigenvalue weighted by atomic mass is 16.2. The summed E-state index contributed by atoms with van der Waals surface area (Å²) < 4.78 is 0. The van der Waals surface area contributed by atoms with Crippen molar-refractivity contribution in [1.29, 1.82) is 0 Å². The summed E-state index contributed by atoms with van der Waals surface area (Å²) in [7, 11) is 1.42. The average Bonchev–Trinajstić information content (AvgIpc) is 2.80. The smallest absolute Gasteiger partial charge is 0.263 e. The van der Waals surface area contributed by atoms with Crippen LogP contribution in [0.2, 0.25) is 0 Å². The third kappa shape index (κ3) is 2.66. The quantitative estimate of drug-likeness (QED) is 0.824. The number of anilines is 1. The first-order chi connectivity index (χ1) is 11.4. The SMILES string of the molecule is CC(=O)N1CCC(C(=O)Nc2cccc3c2C(=O)N(C)C3=O)CC1. The third-order valence-corrected chi connectivity index (χ3v) is 4.69. The second-order valence-electron chi connectivity index (χ2n) is 6.17. The summed E-state index contributed by atoms with van der Waals surface area (Å²) in [6.45, 7) is 2.63. The van der Waals surface area contributed by atoms with Gasteiger partial charge in [-0.2, -0.15) is 0 Å². The molecule has 0 aliphatic carbocycles. The van der Waals surface area contributed by atoms with Crippen molar-refractivity contribution in [1.82, 2.24) is 9.80 Å². The van der Waals surface area contributed by atoms with Gasteiger partial charge in [0.15, 0.2) is 0 Å². The first-order valence-electron chi connectivity index (χ1n) is 7.92. The van der Waals surface area contributed by atoms with Gasteiger partial charge < -0.3 is 10.2 Å². The fraction of sp³-hybridized carbons (Fsp3) is 0.412. The molecule has 4 amide bonds. The van der Waals surface area contributed by atoms with Crippen molar-refractivity contribution in [3.63, 3.8) is 0 Å². The number of nitrogens with zero attached hydrogens (tertiary/aromatic N) is 2. The molecule has 7 heteroatoms. The number of nitrogens with one attached hydrogen (secondary N) is 1. The van der Waals surface area contributed by atoms with E-state index in [1.54, 1.807) is 23.1 Å². The van der Waals surface area contributed by atoms with E-state index in [-0.39, 0.29) is 29.2 Å². The Bertz CT molecular complexity index is 735. The molecule has 126 valence electrons. The molecule has 0 bridgehead atoms. The Morgan fingerprint density at radius 1 is 1.12 bits per heavy atom. The summed E-state index contributed by atoms with van der Waals surface area (Å²) in [5, 5.41) is 2.79. The third-order valence-electron chi connectivity index (χ3n) is 4.69. The van der Waals surface area contributed by atoms with Gasteiger partial charge in [0.25, 0.3) is 11.8 Å². The maximum atomic E-state index is 12.5. The lowest BCUT2D eigenvalue weighted by atomic mass is 9.95. The first-order valence-corrected chi connectivity index (χ1v) is 7.92. The van der Waals surface area contributed by atoms with Crippen LogP contribution in [-0.2, 0) is 9.59 Å². The molecule has 0 atom stereocenters. The van der Waals surface area contributed by atoms with Crippen LogP contribution in [0.5, 0.6) is 0 Å². The second-order valence-corrected chi connectivity index (χ2v) is 6.17. The number of benzene rings is 1. The number of fused-ring (bicyclic) bond motifs is 1. The summed E-state index contributed by atoms with van der Waals surface area (Å²) >= 11 is 0. The molecule has 1 aromatic carbocycles. The van der Waals surface area contributed by atoms with E-state index in [2.05, 4.69) is 5.32 Å². The van der Waals surface area contributed by atoms with Gasteiger partial charge in [0.1, 0.15) is 0 Å². The molecule has 0 unspecified atom stereocenters. The molecular weight excluding hydrogens is 310 g/mol. The van der Waals surface area contributed by atoms with Gasteiger partial charge in [-0.25, -0.2) is 0 Å². The van der Waals surface area contributed by atoms with Crippen LogP contribution in [0.4, 0.5) is 5.69 Å². The summed E-state index contributed by atoms with van der Waals surface area (Å²) in [5.74, 6) is -1.14. The molecule has 2 aliphatic rings. The average molecular weight is 329 g/mol. The number of carbonyl (C=O) groups excluding carboxylic acids is 4. The van der Waals surface area contributed by atoms with Crippen LogP contribution in [0.1, 0.15) is 40.5 Å². The van der Waals surface area contributed by atoms with Crippen molar-refractivity contribution >= 4 is 29.3 Å². The lowest BCUT2D eigenvalue weighted by Gasteiger charge is -2.30. The molecule has 0 radical (unpaired) electrons. The molecule has 7 nitrogen and oxygen atoms in total. The Hall–Kier alpha value is -2.70. The fourth-order valence-electron chi connectivity index (χ4n) is 3.20. The second kappa shape index (κ2) is 6.07. The molecule has 3 rings (SSSR count). The lowest BCUT2D eigenvalue weighted by Crippen LogP contribution is -2.40. The van der Waals surface area contributed by atoms with Gasteiger partial charge in [-0.1, -0.05) is 6.07 Å². The molecule has 2 aliphatic heterocycles. The van der Waals surface area contributed by atoms with Gasteiger partial charge in [0.05, 0.1) is 16.8 Å². The van der Waals surface area contributed by atoms with E-state index in [4.69, 9.17) is 0 Å². The summed E-state index contributed by atoms with van der Waals surface area (Å²) in [5.41, 5.74) is 0.931. The van der Waals surface area contributed by atoms with Crippen LogP contribution in [-0.4, -0.2) is 53.6 Å². The summed E-state index contributed by atoms with van der Waals surface area (Å²) in [6.07, 6.45) is 1.18. The van der Waals surface area contributed by atoms with Crippen LogP contribution < -0.4 is 5.32 Å². The molecular formula is C17H19N3O4. The molecule has 0 saturated carbocycles. The zero-order chi connectivity index (χ0) is 17.4. The van der Waals surface area contributed by atoms with Crippen LogP contribution >= 0.6 is 0 Å². The van der Waals surface area contributed by atoms with Gasteiger partial charge in [-0.15, -0.1) is 0 Å². The first kappa shape index (κ1) is 16.2. The number of imide groups is 1. The predicted octanol–water partition coefficient (Wildman–Crippen LogP) is 1.11. The van der Waals surface area contributed by atoms with E-state index < -0.39 is 5.91 Å². The molecule has 1 aromatic rings. The monoisotopic (exact) mass is 329 g/mol. The highest BCUT2D eigenvalue weighted by molar-refractivity contribution is 6.24. The van der Waals surface area contributed by atoms with Crippen LogP contribution in [0.3, 0.4) is 0 Å². The van der Waals surface area contributed by atoms with E-state index in [9.17, 15) is 19.2 Å². The number of carbonyl (C=O) groups is 4. The van der Waals surface area contributed by atoms with E-state index >= 15 is 0 Å². The predicted molar refractivity (Wildman–Crippen MR) is 86.5 cm³/mol. The zero-order valence-electron chi connectivity index (χ0n) is 13.7. The minimum absolute atomic E-state index is 0.0156. The molecule has 1 fully saturated rings. The minimum Gasteiger partial charge on any atom is -0.343 e. The maximum Gasteiger partial charge on any atom is 0.263 e. The van der Waals surface area contributed by atoms with E-state index in [0.717, 1.165) is 4.90 Å². The Balaban J connectivity index is 1.74. The normalized spacial score (nSPS) is 17.9. The molecule has 0 spiro atoms. The van der Waals surface area contributed by atoms with Crippen LogP contribution in [0, 0.1) is 5.92 Å². The number of hydrogen-bond donors (Lipinski definition) is 1. The standard InChI is InChI=1S/C17H19N3O4/c1-10(21)20-8-6-11(7-9-20)15(22)18-13-5-3-4-12-14(13)17(24)19(2)16(12)23/h3-5,11H,6-9H2,1-2H3,(H,18,22). The summed E-state index contributed by atoms with van der Waals surface area (Å²) in [6, 6.07) is 4.86. The number of piperidine rings is 1. The van der Waals surface area contributed by atoms with Crippen molar-refractivity contribution in [2.24, 2.45) is 5.92 Å². The Morgan fingerprint density at radius 2 is 1.79 bits per heavy atom. The van der Waals surface area contributed by atoms with Gasteiger partial charge in [-0.3, -0.25) is 24.1 Å². The highest BCUT2D eigenvalue weighted by Gasteiger charge is 2.35. The Morgan fingerprint density at radius 3 is 2.42 bits per heavy atom. The minimum atomic E-state index is -0.405. The number of amides is 4. The van der Waals surface area contributed by atoms with Gasteiger partial charge in [0.2, 0.25) is 11.8 Å². The van der Waals surface area contributed by atoms with Crippen molar-refractivity contribution < 1.29 is 19.2 Å². The zero-order valence-corrected chi connectivity index (χ0v) is 13.7. The molecule has 24 heavy (non-hydrogen) atoms. The van der Waals surface area contributed by atoms with E-state index in [0.29, 0.717) is 37.2 Å². The Labute approximate surface area is 139 Å². The topological polar surface area (TPSA) is 86.8 Å². The molecule has 1 N–H and O–H groups in total. The van der Waals surface area contributed by atoms with Crippen molar-refractivity contribution in [3.05, 3.63) is 29.3 Å². The summed E-state index contributed by atoms with van der Waals surface area (Å²) in [4.78, 5) is 50.8. The number of likely N-dealkylation sites (tertiary alicyclic amines) is 1. The maximum absolute atomic E-state index is 12.5. The fourth-order valence-corrected chi connectivity index (χ4v) is 3.20. The Kier molecular flexibility index (Phi) is 4.09. The largest absolute Gasteiger partial charge is 0.343 e. The molecule has 2 heterocycles. The van der Waals surface area contributed by atoms with E-state index in [1.807, 2.05) is 0 Å².